The molecule has 0 saturated heterocycles. The van der Waals surface area contributed by atoms with E-state index in [0.29, 0.717) is 0 Å². The van der Waals surface area contributed by atoms with Gasteiger partial charge in [-0.05, 0) is 35.2 Å². The summed E-state index contributed by atoms with van der Waals surface area (Å²) in [6.45, 7) is 0. The second-order valence-corrected chi connectivity index (χ2v) is 8.07. The average molecular weight is 411 g/mol. The maximum Gasteiger partial charge on any atom is 0.222 e. The number of hydrogen-bond acceptors (Lipinski definition) is 4. The Kier molecular flexibility index (Phi) is 3.64. The first kappa shape index (κ1) is 15.2. The van der Waals surface area contributed by atoms with E-state index in [-0.39, 0.29) is 12.3 Å². The molecule has 25 heavy (non-hydrogen) atoms. The summed E-state index contributed by atoms with van der Waals surface area (Å²) in [6, 6.07) is 21.1. The van der Waals surface area contributed by atoms with Gasteiger partial charge in [0.2, 0.25) is 6.23 Å². The van der Waals surface area contributed by atoms with E-state index in [1.54, 1.807) is 11.3 Å². The predicted octanol–water partition coefficient (Wildman–Crippen LogP) is 5.75. The Bertz CT molecular complexity index is 937. The van der Waals surface area contributed by atoms with E-state index in [0.717, 1.165) is 22.4 Å². The van der Waals surface area contributed by atoms with Crippen molar-refractivity contribution in [2.45, 2.75) is 18.7 Å². The van der Waals surface area contributed by atoms with Crippen LogP contribution < -0.4 is 4.74 Å². The number of fused-ring (bicyclic) bond motifs is 3. The van der Waals surface area contributed by atoms with Gasteiger partial charge < -0.3 is 4.74 Å². The van der Waals surface area contributed by atoms with Crippen LogP contribution in [0.25, 0.3) is 0 Å². The van der Waals surface area contributed by atoms with Gasteiger partial charge in [-0.2, -0.15) is 5.10 Å². The third kappa shape index (κ3) is 2.58. The first-order valence-electron chi connectivity index (χ1n) is 8.20. The van der Waals surface area contributed by atoms with Crippen LogP contribution in [-0.2, 0) is 0 Å². The van der Waals surface area contributed by atoms with Crippen molar-refractivity contribution in [2.75, 3.05) is 0 Å². The van der Waals surface area contributed by atoms with Gasteiger partial charge in [0.15, 0.2) is 0 Å². The van der Waals surface area contributed by atoms with Crippen LogP contribution in [0.4, 0.5) is 0 Å². The molecule has 0 fully saturated rings. The summed E-state index contributed by atoms with van der Waals surface area (Å²) in [7, 11) is 0. The zero-order valence-electron chi connectivity index (χ0n) is 13.3. The summed E-state index contributed by atoms with van der Waals surface area (Å²) in [4.78, 5) is 1.18. The summed E-state index contributed by atoms with van der Waals surface area (Å²) in [5.74, 6) is 0.967. The lowest BCUT2D eigenvalue weighted by molar-refractivity contribution is -0.0165. The summed E-state index contributed by atoms with van der Waals surface area (Å²) < 4.78 is 7.40. The van der Waals surface area contributed by atoms with E-state index in [1.165, 1.54) is 16.0 Å². The molecule has 0 aliphatic carbocycles. The van der Waals surface area contributed by atoms with Gasteiger partial charge in [-0.25, -0.2) is 5.01 Å². The molecule has 1 aromatic heterocycles. The Balaban J connectivity index is 1.59. The molecule has 5 rings (SSSR count). The van der Waals surface area contributed by atoms with Gasteiger partial charge in [0.1, 0.15) is 5.75 Å². The predicted molar refractivity (Wildman–Crippen MR) is 104 cm³/mol. The molecule has 2 aliphatic heterocycles. The molecule has 3 nitrogen and oxygen atoms in total. The van der Waals surface area contributed by atoms with E-state index in [4.69, 9.17) is 9.84 Å². The number of rotatable bonds is 2. The highest BCUT2D eigenvalue weighted by Crippen LogP contribution is 2.48. The second kappa shape index (κ2) is 6.00. The molecule has 124 valence electrons. The standard InChI is InChI=1S/C20H15BrN2OS/c21-14-9-7-13(8-10-14)16-12-17-15-4-1-2-5-18(15)24-20(23(17)22-16)19-6-3-11-25-19/h1-11,17,20H,12H2/t17-,20+/m0/s1. The normalized spacial score (nSPS) is 21.3. The number of para-hydroxylation sites is 1. The molecular weight excluding hydrogens is 396 g/mol. The Hall–Kier alpha value is -2.11. The fourth-order valence-corrected chi connectivity index (χ4v) is 4.48. The molecule has 0 bridgehead atoms. The molecule has 3 aromatic rings. The largest absolute Gasteiger partial charge is 0.464 e. The zero-order valence-corrected chi connectivity index (χ0v) is 15.7. The summed E-state index contributed by atoms with van der Waals surface area (Å²) >= 11 is 5.21. The van der Waals surface area contributed by atoms with Gasteiger partial charge in [0.25, 0.3) is 0 Å². The number of benzene rings is 2. The minimum Gasteiger partial charge on any atom is -0.464 e. The third-order valence-corrected chi connectivity index (χ3v) is 6.09. The van der Waals surface area contributed by atoms with Crippen LogP contribution in [0.1, 0.15) is 34.7 Å². The molecule has 0 spiro atoms. The monoisotopic (exact) mass is 410 g/mol. The van der Waals surface area contributed by atoms with Gasteiger partial charge in [0.05, 0.1) is 16.6 Å². The Morgan fingerprint density at radius 3 is 2.68 bits per heavy atom. The van der Waals surface area contributed by atoms with Gasteiger partial charge in [-0.15, -0.1) is 11.3 Å². The van der Waals surface area contributed by atoms with Crippen molar-refractivity contribution in [3.8, 4) is 5.75 Å². The number of hydrogen-bond donors (Lipinski definition) is 0. The van der Waals surface area contributed by atoms with Gasteiger partial charge in [-0.1, -0.05) is 52.3 Å². The average Bonchev–Trinajstić information content (AvgIpc) is 3.32. The van der Waals surface area contributed by atoms with Crippen LogP contribution in [0.5, 0.6) is 5.75 Å². The van der Waals surface area contributed by atoms with Crippen LogP contribution in [0.3, 0.4) is 0 Å². The zero-order chi connectivity index (χ0) is 16.8. The summed E-state index contributed by atoms with van der Waals surface area (Å²) in [5, 5.41) is 9.18. The molecule has 0 N–H and O–H groups in total. The van der Waals surface area contributed by atoms with E-state index in [1.807, 2.05) is 6.07 Å². The van der Waals surface area contributed by atoms with Crippen molar-refractivity contribution in [1.82, 2.24) is 5.01 Å². The van der Waals surface area contributed by atoms with Gasteiger partial charge >= 0.3 is 0 Å². The SMILES string of the molecule is Brc1ccc(C2=NN3[C@@H](c4cccs4)Oc4ccccc4[C@@H]3C2)cc1. The summed E-state index contributed by atoms with van der Waals surface area (Å²) in [5.41, 5.74) is 3.49. The summed E-state index contributed by atoms with van der Waals surface area (Å²) in [6.07, 6.45) is 0.733. The number of hydrazone groups is 1. The molecule has 0 amide bonds. The molecule has 2 aromatic carbocycles. The first-order chi connectivity index (χ1) is 12.3. The van der Waals surface area contributed by atoms with Crippen LogP contribution in [0.2, 0.25) is 0 Å². The smallest absolute Gasteiger partial charge is 0.222 e. The quantitative estimate of drug-likeness (QED) is 0.536. The van der Waals surface area contributed by atoms with Crippen molar-refractivity contribution < 1.29 is 4.74 Å². The van der Waals surface area contributed by atoms with E-state index in [2.05, 4.69) is 80.9 Å². The number of ether oxygens (including phenoxy) is 1. The van der Waals surface area contributed by atoms with Crippen molar-refractivity contribution in [2.24, 2.45) is 5.10 Å². The lowest BCUT2D eigenvalue weighted by atomic mass is 9.96. The molecule has 0 saturated carbocycles. The van der Waals surface area contributed by atoms with Gasteiger partial charge in [0, 0.05) is 16.5 Å². The highest BCUT2D eigenvalue weighted by Gasteiger charge is 2.41. The molecule has 0 unspecified atom stereocenters. The lowest BCUT2D eigenvalue weighted by Gasteiger charge is -2.37. The van der Waals surface area contributed by atoms with Gasteiger partial charge in [-0.3, -0.25) is 0 Å². The maximum atomic E-state index is 6.32. The minimum absolute atomic E-state index is 0.159. The lowest BCUT2D eigenvalue weighted by Crippen LogP contribution is -2.33. The molecule has 0 radical (unpaired) electrons. The van der Waals surface area contributed by atoms with E-state index < -0.39 is 0 Å². The third-order valence-electron chi connectivity index (χ3n) is 4.66. The Labute approximate surface area is 158 Å². The highest BCUT2D eigenvalue weighted by molar-refractivity contribution is 9.10. The van der Waals surface area contributed by atoms with Crippen LogP contribution in [-0.4, -0.2) is 10.7 Å². The maximum absolute atomic E-state index is 6.32. The molecule has 2 aliphatic rings. The molecule has 3 heterocycles. The van der Waals surface area contributed by atoms with Crippen molar-refractivity contribution in [3.63, 3.8) is 0 Å². The highest BCUT2D eigenvalue weighted by atomic mass is 79.9. The first-order valence-corrected chi connectivity index (χ1v) is 9.87. The Morgan fingerprint density at radius 2 is 1.88 bits per heavy atom. The van der Waals surface area contributed by atoms with E-state index in [9.17, 15) is 0 Å². The van der Waals surface area contributed by atoms with Crippen molar-refractivity contribution >= 4 is 33.0 Å². The number of nitrogens with zero attached hydrogens (tertiary/aromatic N) is 2. The minimum atomic E-state index is -0.159. The fraction of sp³-hybridized carbons (Fsp3) is 0.150. The fourth-order valence-electron chi connectivity index (χ4n) is 3.47. The number of thiophene rings is 1. The van der Waals surface area contributed by atoms with Crippen LogP contribution in [0.15, 0.2) is 75.6 Å². The molecule has 5 heteroatoms. The van der Waals surface area contributed by atoms with Crippen LogP contribution >= 0.6 is 27.3 Å². The van der Waals surface area contributed by atoms with Crippen molar-refractivity contribution in [3.05, 3.63) is 86.5 Å². The second-order valence-electron chi connectivity index (χ2n) is 6.18. The van der Waals surface area contributed by atoms with E-state index >= 15 is 0 Å². The topological polar surface area (TPSA) is 24.8 Å². The molecular formula is C20H15BrN2OS. The molecule has 2 atom stereocenters. The Morgan fingerprint density at radius 1 is 1.04 bits per heavy atom. The van der Waals surface area contributed by atoms with Crippen LogP contribution in [0, 0.1) is 0 Å². The van der Waals surface area contributed by atoms with Crippen molar-refractivity contribution in [1.29, 1.82) is 0 Å². The number of halogens is 1.